The van der Waals surface area contributed by atoms with Gasteiger partial charge in [0.15, 0.2) is 0 Å². The second kappa shape index (κ2) is 7.73. The van der Waals surface area contributed by atoms with E-state index in [1.165, 1.54) is 0 Å². The van der Waals surface area contributed by atoms with E-state index in [9.17, 15) is 4.79 Å². The number of likely N-dealkylation sites (tertiary alicyclic amines) is 1. The Morgan fingerprint density at radius 3 is 2.96 bits per heavy atom. The predicted octanol–water partition coefficient (Wildman–Crippen LogP) is 2.24. The van der Waals surface area contributed by atoms with Crippen molar-refractivity contribution < 1.29 is 4.79 Å². The molecule has 1 saturated heterocycles. The number of hydrogen-bond acceptors (Lipinski definition) is 4. The fourth-order valence-electron chi connectivity index (χ4n) is 3.71. The summed E-state index contributed by atoms with van der Waals surface area (Å²) in [6.07, 6.45) is 11.3. The van der Waals surface area contributed by atoms with E-state index in [4.69, 9.17) is 0 Å². The first-order valence-corrected chi connectivity index (χ1v) is 9.37. The molecule has 27 heavy (non-hydrogen) atoms. The minimum Gasteiger partial charge on any atom is -0.340 e. The first kappa shape index (κ1) is 17.5. The predicted molar refractivity (Wildman–Crippen MR) is 101 cm³/mol. The van der Waals surface area contributed by atoms with E-state index in [1.807, 2.05) is 42.5 Å². The lowest BCUT2D eigenvalue weighted by Gasteiger charge is -2.32. The van der Waals surface area contributed by atoms with Crippen LogP contribution < -0.4 is 0 Å². The highest BCUT2D eigenvalue weighted by molar-refractivity contribution is 5.76. The van der Waals surface area contributed by atoms with E-state index in [-0.39, 0.29) is 11.8 Å². The maximum absolute atomic E-state index is 12.7. The van der Waals surface area contributed by atoms with Crippen molar-refractivity contribution in [1.82, 2.24) is 29.2 Å². The molecule has 7 heteroatoms. The Kier molecular flexibility index (Phi) is 5.00. The van der Waals surface area contributed by atoms with Crippen molar-refractivity contribution in [3.63, 3.8) is 0 Å². The Morgan fingerprint density at radius 2 is 2.19 bits per heavy atom. The molecule has 0 bridgehead atoms. The first-order chi connectivity index (χ1) is 13.2. The zero-order chi connectivity index (χ0) is 18.6. The summed E-state index contributed by atoms with van der Waals surface area (Å²) >= 11 is 0. The molecule has 4 rings (SSSR count). The minimum absolute atomic E-state index is 0.122. The number of carbonyl (C=O) groups is 1. The number of nitrogens with zero attached hydrogens (tertiary/aromatic N) is 6. The number of pyridine rings is 1. The molecule has 1 amide bonds. The summed E-state index contributed by atoms with van der Waals surface area (Å²) in [5.74, 6) is 1.43. The van der Waals surface area contributed by atoms with E-state index in [0.717, 1.165) is 43.0 Å². The summed E-state index contributed by atoms with van der Waals surface area (Å²) in [5.41, 5.74) is 2.15. The van der Waals surface area contributed by atoms with Gasteiger partial charge in [-0.1, -0.05) is 6.07 Å². The van der Waals surface area contributed by atoms with Crippen LogP contribution in [-0.4, -0.2) is 48.2 Å². The molecule has 3 aromatic rings. The van der Waals surface area contributed by atoms with Gasteiger partial charge in [0.25, 0.3) is 0 Å². The van der Waals surface area contributed by atoms with Gasteiger partial charge in [-0.05, 0) is 37.5 Å². The third-order valence-corrected chi connectivity index (χ3v) is 5.18. The summed E-state index contributed by atoms with van der Waals surface area (Å²) in [6, 6.07) is 5.94. The van der Waals surface area contributed by atoms with Crippen molar-refractivity contribution in [2.45, 2.75) is 38.8 Å². The highest BCUT2D eigenvalue weighted by atomic mass is 16.2. The van der Waals surface area contributed by atoms with Gasteiger partial charge in [0.1, 0.15) is 12.4 Å². The zero-order valence-corrected chi connectivity index (χ0v) is 15.5. The second-order valence-corrected chi connectivity index (χ2v) is 7.08. The monoisotopic (exact) mass is 364 g/mol. The summed E-state index contributed by atoms with van der Waals surface area (Å²) in [6.45, 7) is 4.53. The molecule has 0 saturated carbocycles. The van der Waals surface area contributed by atoms with Crippen LogP contribution >= 0.6 is 0 Å². The van der Waals surface area contributed by atoms with Crippen LogP contribution in [0.1, 0.15) is 35.8 Å². The van der Waals surface area contributed by atoms with Crippen molar-refractivity contribution in [3.8, 4) is 0 Å². The van der Waals surface area contributed by atoms with Gasteiger partial charge in [0, 0.05) is 55.7 Å². The molecule has 1 unspecified atom stereocenters. The normalized spacial score (nSPS) is 17.2. The fraction of sp³-hybridized carbons (Fsp3) is 0.400. The van der Waals surface area contributed by atoms with Crippen molar-refractivity contribution >= 4 is 5.91 Å². The van der Waals surface area contributed by atoms with Gasteiger partial charge in [-0.3, -0.25) is 14.5 Å². The molecular weight excluding hydrogens is 340 g/mol. The largest absolute Gasteiger partial charge is 0.340 e. The van der Waals surface area contributed by atoms with Gasteiger partial charge in [-0.25, -0.2) is 4.98 Å². The average Bonchev–Trinajstić information content (AvgIpc) is 3.32. The molecular formula is C20H24N6O. The summed E-state index contributed by atoms with van der Waals surface area (Å²) in [7, 11) is 0. The number of rotatable bonds is 5. The maximum atomic E-state index is 12.7. The Hall–Kier alpha value is -2.96. The molecule has 0 spiro atoms. The number of imidazole rings is 1. The molecule has 1 atom stereocenters. The van der Waals surface area contributed by atoms with Gasteiger partial charge in [0.2, 0.25) is 5.91 Å². The molecule has 1 aliphatic rings. The second-order valence-electron chi connectivity index (χ2n) is 7.08. The highest BCUT2D eigenvalue weighted by Crippen LogP contribution is 2.26. The van der Waals surface area contributed by atoms with Crippen molar-refractivity contribution in [2.75, 3.05) is 13.1 Å². The van der Waals surface area contributed by atoms with Crippen LogP contribution in [0, 0.1) is 6.92 Å². The smallest absolute Gasteiger partial charge is 0.244 e. The number of hydrogen-bond donors (Lipinski definition) is 0. The summed E-state index contributed by atoms with van der Waals surface area (Å²) in [5, 5.41) is 4.23. The van der Waals surface area contributed by atoms with E-state index >= 15 is 0 Å². The highest BCUT2D eigenvalue weighted by Gasteiger charge is 2.27. The van der Waals surface area contributed by atoms with E-state index in [1.54, 1.807) is 17.1 Å². The quantitative estimate of drug-likeness (QED) is 0.696. The third kappa shape index (κ3) is 3.92. The van der Waals surface area contributed by atoms with Crippen LogP contribution in [0.15, 0.2) is 49.2 Å². The fourth-order valence-corrected chi connectivity index (χ4v) is 3.71. The topological polar surface area (TPSA) is 68.8 Å². The number of carbonyl (C=O) groups excluding carboxylic acids is 1. The van der Waals surface area contributed by atoms with Crippen LogP contribution in [0.3, 0.4) is 0 Å². The van der Waals surface area contributed by atoms with Gasteiger partial charge in [-0.2, -0.15) is 5.10 Å². The standard InChI is InChI=1S/C20H24N6O/c1-16-6-8-23-26(16)15-19(27)24-10-3-5-18(14-24)20-22-9-11-25(20)13-17-4-2-7-21-12-17/h2,4,6-9,11-12,18H,3,5,10,13-15H2,1H3. The Bertz CT molecular complexity index is 900. The van der Waals surface area contributed by atoms with E-state index in [2.05, 4.69) is 25.7 Å². The zero-order valence-electron chi connectivity index (χ0n) is 15.5. The lowest BCUT2D eigenvalue weighted by Crippen LogP contribution is -2.41. The Morgan fingerprint density at radius 1 is 1.26 bits per heavy atom. The van der Waals surface area contributed by atoms with E-state index < -0.39 is 0 Å². The average molecular weight is 364 g/mol. The number of piperidine rings is 1. The van der Waals surface area contributed by atoms with Gasteiger partial charge in [0.05, 0.1) is 6.54 Å². The van der Waals surface area contributed by atoms with Gasteiger partial charge < -0.3 is 9.47 Å². The van der Waals surface area contributed by atoms with Crippen molar-refractivity contribution in [3.05, 3.63) is 66.3 Å². The van der Waals surface area contributed by atoms with Gasteiger partial charge in [-0.15, -0.1) is 0 Å². The summed E-state index contributed by atoms with van der Waals surface area (Å²) < 4.78 is 3.93. The Balaban J connectivity index is 1.45. The third-order valence-electron chi connectivity index (χ3n) is 5.18. The molecule has 0 radical (unpaired) electrons. The number of aryl methyl sites for hydroxylation is 1. The first-order valence-electron chi connectivity index (χ1n) is 9.37. The van der Waals surface area contributed by atoms with Crippen LogP contribution in [0.4, 0.5) is 0 Å². The van der Waals surface area contributed by atoms with Crippen LogP contribution in [0.5, 0.6) is 0 Å². The lowest BCUT2D eigenvalue weighted by atomic mass is 9.97. The Labute approximate surface area is 158 Å². The molecule has 4 heterocycles. The molecule has 0 N–H and O–H groups in total. The van der Waals surface area contributed by atoms with Crippen molar-refractivity contribution in [2.24, 2.45) is 0 Å². The molecule has 0 aliphatic carbocycles. The summed E-state index contributed by atoms with van der Waals surface area (Å²) in [4.78, 5) is 23.5. The molecule has 1 aliphatic heterocycles. The van der Waals surface area contributed by atoms with E-state index in [0.29, 0.717) is 13.1 Å². The van der Waals surface area contributed by atoms with Crippen molar-refractivity contribution in [1.29, 1.82) is 0 Å². The molecule has 7 nitrogen and oxygen atoms in total. The molecule has 1 fully saturated rings. The number of amides is 1. The molecule has 3 aromatic heterocycles. The molecule has 0 aromatic carbocycles. The lowest BCUT2D eigenvalue weighted by molar-refractivity contribution is -0.133. The van der Waals surface area contributed by atoms with Gasteiger partial charge >= 0.3 is 0 Å². The van der Waals surface area contributed by atoms with Crippen LogP contribution in [-0.2, 0) is 17.9 Å². The minimum atomic E-state index is 0.122. The molecule has 140 valence electrons. The van der Waals surface area contributed by atoms with Crippen LogP contribution in [0.2, 0.25) is 0 Å². The maximum Gasteiger partial charge on any atom is 0.244 e. The number of aromatic nitrogens is 5. The van der Waals surface area contributed by atoms with Crippen LogP contribution in [0.25, 0.3) is 0 Å². The SMILES string of the molecule is Cc1ccnn1CC(=O)N1CCCC(c2nccn2Cc2cccnc2)C1.